The second-order valence-corrected chi connectivity index (χ2v) is 7.56. The molecule has 1 fully saturated rings. The average Bonchev–Trinajstić information content (AvgIpc) is 3.20. The maximum Gasteiger partial charge on any atom is 0.337 e. The molecule has 0 atom stereocenters. The summed E-state index contributed by atoms with van der Waals surface area (Å²) in [6.45, 7) is 0.554. The number of amidine groups is 1. The van der Waals surface area contributed by atoms with Gasteiger partial charge in [0.05, 0.1) is 30.9 Å². The van der Waals surface area contributed by atoms with Gasteiger partial charge in [0.15, 0.2) is 5.17 Å². The number of hydrogen-bond acceptors (Lipinski definition) is 10. The van der Waals surface area contributed by atoms with Gasteiger partial charge in [0.2, 0.25) is 0 Å². The molecule has 1 heterocycles. The van der Waals surface area contributed by atoms with E-state index in [0.717, 1.165) is 23.4 Å². The Morgan fingerprint density at radius 2 is 1.71 bits per heavy atom. The third-order valence-corrected chi connectivity index (χ3v) is 5.09. The van der Waals surface area contributed by atoms with Crippen LogP contribution >= 0.6 is 11.8 Å². The molecule has 1 aliphatic heterocycles. The summed E-state index contributed by atoms with van der Waals surface area (Å²) in [5.41, 5.74) is 1.14. The summed E-state index contributed by atoms with van der Waals surface area (Å²) >= 11 is 0.988. The van der Waals surface area contributed by atoms with Crippen LogP contribution in [0, 0.1) is 0 Å². The lowest BCUT2D eigenvalue weighted by atomic mass is 10.2. The number of thioether (sulfide) groups is 1. The first-order valence-electron chi connectivity index (χ1n) is 9.92. The number of hydrogen-bond donors (Lipinski definition) is 1. The number of rotatable bonds is 9. The van der Waals surface area contributed by atoms with Crippen molar-refractivity contribution >= 4 is 41.0 Å². The number of carbonyl (C=O) groups is 3. The molecule has 11 heteroatoms. The summed E-state index contributed by atoms with van der Waals surface area (Å²) in [6.07, 6.45) is 2.59. The van der Waals surface area contributed by atoms with Crippen molar-refractivity contribution in [1.29, 1.82) is 0 Å². The number of nitrogens with one attached hydrogen (secondary N) is 1. The van der Waals surface area contributed by atoms with Gasteiger partial charge in [0.1, 0.15) is 24.7 Å². The van der Waals surface area contributed by atoms with Gasteiger partial charge in [-0.25, -0.2) is 9.59 Å². The molecule has 0 unspecified atom stereocenters. The van der Waals surface area contributed by atoms with Crippen LogP contribution in [0.1, 0.15) is 15.9 Å². The first-order chi connectivity index (χ1) is 16.5. The van der Waals surface area contributed by atoms with Crippen molar-refractivity contribution in [1.82, 2.24) is 5.32 Å². The largest absolute Gasteiger partial charge is 0.490 e. The smallest absolute Gasteiger partial charge is 0.337 e. The Kier molecular flexibility index (Phi) is 8.81. The molecule has 34 heavy (non-hydrogen) atoms. The monoisotopic (exact) mass is 483 g/mol. The first kappa shape index (κ1) is 24.5. The van der Waals surface area contributed by atoms with Crippen LogP contribution in [0.25, 0.3) is 0 Å². The predicted octanol–water partition coefficient (Wildman–Crippen LogP) is 2.54. The Hall–Kier alpha value is -4.12. The number of methoxy groups -OCH3 is 2. The lowest BCUT2D eigenvalue weighted by Crippen LogP contribution is -2.19. The number of carbonyl (C=O) groups excluding carboxylic acids is 3. The third kappa shape index (κ3) is 7.20. The predicted molar refractivity (Wildman–Crippen MR) is 126 cm³/mol. The van der Waals surface area contributed by atoms with Crippen molar-refractivity contribution in [2.45, 2.75) is 0 Å². The average molecular weight is 484 g/mol. The molecule has 1 aliphatic rings. The van der Waals surface area contributed by atoms with E-state index in [0.29, 0.717) is 17.1 Å². The normalized spacial score (nSPS) is 15.4. The van der Waals surface area contributed by atoms with Crippen molar-refractivity contribution in [2.24, 2.45) is 10.2 Å². The van der Waals surface area contributed by atoms with E-state index in [1.54, 1.807) is 42.5 Å². The van der Waals surface area contributed by atoms with Gasteiger partial charge in [0, 0.05) is 6.08 Å². The lowest BCUT2D eigenvalue weighted by molar-refractivity contribution is -0.135. The minimum atomic E-state index is -0.626. The van der Waals surface area contributed by atoms with Crippen LogP contribution in [0.2, 0.25) is 0 Å². The molecule has 1 N–H and O–H groups in total. The Bertz CT molecular complexity index is 1160. The summed E-state index contributed by atoms with van der Waals surface area (Å²) in [7, 11) is 2.55. The van der Waals surface area contributed by atoms with Crippen LogP contribution in [-0.4, -0.2) is 56.7 Å². The molecule has 0 spiro atoms. The van der Waals surface area contributed by atoms with Gasteiger partial charge in [0.25, 0.3) is 5.91 Å². The van der Waals surface area contributed by atoms with Gasteiger partial charge in [-0.05, 0) is 47.7 Å². The number of esters is 2. The van der Waals surface area contributed by atoms with Crippen molar-refractivity contribution in [3.8, 4) is 11.5 Å². The zero-order valence-electron chi connectivity index (χ0n) is 18.3. The molecule has 1 amide bonds. The molecule has 0 bridgehead atoms. The Morgan fingerprint density at radius 3 is 2.41 bits per heavy atom. The molecule has 2 aromatic rings. The van der Waals surface area contributed by atoms with Crippen LogP contribution in [0.15, 0.2) is 69.7 Å². The Labute approximate surface area is 199 Å². The van der Waals surface area contributed by atoms with Gasteiger partial charge in [-0.15, -0.1) is 5.10 Å². The molecule has 0 radical (unpaired) electrons. The maximum absolute atomic E-state index is 11.8. The van der Waals surface area contributed by atoms with Gasteiger partial charge in [-0.3, -0.25) is 10.1 Å². The number of nitrogens with zero attached hydrogens (tertiary/aromatic N) is 2. The van der Waals surface area contributed by atoms with Crippen molar-refractivity contribution in [3.05, 3.63) is 70.6 Å². The van der Waals surface area contributed by atoms with Crippen LogP contribution in [0.5, 0.6) is 11.5 Å². The fourth-order valence-electron chi connectivity index (χ4n) is 2.62. The van der Waals surface area contributed by atoms with Crippen molar-refractivity contribution < 1.29 is 33.3 Å². The third-order valence-electron chi connectivity index (χ3n) is 4.19. The van der Waals surface area contributed by atoms with Gasteiger partial charge in [-0.1, -0.05) is 18.2 Å². The van der Waals surface area contributed by atoms with E-state index in [1.165, 1.54) is 20.4 Å². The number of ether oxygens (including phenoxy) is 4. The summed E-state index contributed by atoms with van der Waals surface area (Å²) in [5.74, 6) is -0.362. The zero-order valence-corrected chi connectivity index (χ0v) is 19.2. The van der Waals surface area contributed by atoms with E-state index in [4.69, 9.17) is 14.2 Å². The fourth-order valence-corrected chi connectivity index (χ4v) is 3.36. The molecule has 10 nitrogen and oxygen atoms in total. The van der Waals surface area contributed by atoms with E-state index in [9.17, 15) is 14.4 Å². The lowest BCUT2D eigenvalue weighted by Gasteiger charge is -2.09. The van der Waals surface area contributed by atoms with Crippen LogP contribution in [0.4, 0.5) is 0 Å². The highest BCUT2D eigenvalue weighted by Gasteiger charge is 2.25. The van der Waals surface area contributed by atoms with E-state index in [-0.39, 0.29) is 23.3 Å². The van der Waals surface area contributed by atoms with Crippen LogP contribution in [0.3, 0.4) is 0 Å². The first-order valence-corrected chi connectivity index (χ1v) is 10.7. The standard InChI is InChI=1S/C23H21N3O7S/c1-30-20(27)13-19-21(28)25-23(34-19)26-24-14-15-5-3-7-17(11-15)32-9-10-33-18-8-4-6-16(12-18)22(29)31-2/h3-8,11-14H,9-10H2,1-2H3,(H,25,26,28)/b19-13+,24-14?. The van der Waals surface area contributed by atoms with Crippen molar-refractivity contribution in [2.75, 3.05) is 27.4 Å². The van der Waals surface area contributed by atoms with E-state index >= 15 is 0 Å². The van der Waals surface area contributed by atoms with Crippen LogP contribution < -0.4 is 14.8 Å². The van der Waals surface area contributed by atoms with Gasteiger partial charge < -0.3 is 18.9 Å². The fraction of sp³-hybridized carbons (Fsp3) is 0.174. The van der Waals surface area contributed by atoms with E-state index < -0.39 is 17.8 Å². The highest BCUT2D eigenvalue weighted by Crippen LogP contribution is 2.23. The number of amides is 1. The molecule has 0 saturated carbocycles. The Morgan fingerprint density at radius 1 is 1.00 bits per heavy atom. The SMILES string of the molecule is COC(=O)/C=C1/S/C(=N\N=Cc2cccc(OCCOc3cccc(C(=O)OC)c3)c2)NC1=O. The molecule has 3 rings (SSSR count). The minimum Gasteiger partial charge on any atom is -0.490 e. The molecule has 1 saturated heterocycles. The summed E-state index contributed by atoms with van der Waals surface area (Å²) in [5, 5.41) is 10.7. The Balaban J connectivity index is 1.50. The highest BCUT2D eigenvalue weighted by atomic mass is 32.2. The zero-order chi connectivity index (χ0) is 24.3. The summed E-state index contributed by atoms with van der Waals surface area (Å²) in [4.78, 5) is 34.8. The quantitative estimate of drug-likeness (QED) is 0.190. The topological polar surface area (TPSA) is 125 Å². The molecule has 0 aromatic heterocycles. The van der Waals surface area contributed by atoms with E-state index in [2.05, 4.69) is 20.3 Å². The minimum absolute atomic E-state index is 0.176. The molecule has 176 valence electrons. The molecule has 2 aromatic carbocycles. The second kappa shape index (κ2) is 12.2. The van der Waals surface area contributed by atoms with Crippen LogP contribution in [-0.2, 0) is 19.1 Å². The van der Waals surface area contributed by atoms with Crippen molar-refractivity contribution in [3.63, 3.8) is 0 Å². The molecular weight excluding hydrogens is 462 g/mol. The summed E-state index contributed by atoms with van der Waals surface area (Å²) in [6, 6.07) is 13.9. The van der Waals surface area contributed by atoms with E-state index in [1.807, 2.05) is 6.07 Å². The second-order valence-electron chi connectivity index (χ2n) is 6.53. The maximum atomic E-state index is 11.8. The molecule has 0 aliphatic carbocycles. The number of benzene rings is 2. The van der Waals surface area contributed by atoms with Gasteiger partial charge in [-0.2, -0.15) is 5.10 Å². The molecular formula is C23H21N3O7S. The van der Waals surface area contributed by atoms with Gasteiger partial charge >= 0.3 is 11.9 Å². The summed E-state index contributed by atoms with van der Waals surface area (Å²) < 4.78 is 20.5. The highest BCUT2D eigenvalue weighted by molar-refractivity contribution is 8.18.